The number of ether oxygens (including phenoxy) is 1. The summed E-state index contributed by atoms with van der Waals surface area (Å²) in [7, 11) is 0. The van der Waals surface area contributed by atoms with E-state index >= 15 is 0 Å². The molecule has 2 aliphatic rings. The molecule has 6 heteroatoms. The Labute approximate surface area is 150 Å². The van der Waals surface area contributed by atoms with Crippen LogP contribution < -0.4 is 5.32 Å². The third kappa shape index (κ3) is 5.68. The minimum atomic E-state index is 0.0181. The molecule has 3 heterocycles. The van der Waals surface area contributed by atoms with Crippen molar-refractivity contribution < 1.29 is 9.53 Å². The molecule has 2 fully saturated rings. The predicted molar refractivity (Wildman–Crippen MR) is 97.7 cm³/mol. The quantitative estimate of drug-likeness (QED) is 0.884. The Morgan fingerprint density at radius 3 is 2.92 bits per heavy atom. The number of amides is 2. The largest absolute Gasteiger partial charge is 0.375 e. The zero-order chi connectivity index (χ0) is 17.5. The Balaban J connectivity index is 1.44. The van der Waals surface area contributed by atoms with Gasteiger partial charge in [0.1, 0.15) is 0 Å². The second-order valence-electron chi connectivity index (χ2n) is 7.05. The lowest BCUT2D eigenvalue weighted by atomic mass is 10.2. The van der Waals surface area contributed by atoms with E-state index < -0.39 is 0 Å². The fourth-order valence-electron chi connectivity index (χ4n) is 3.59. The van der Waals surface area contributed by atoms with Crippen LogP contribution in [0.4, 0.5) is 4.79 Å². The Morgan fingerprint density at radius 2 is 2.12 bits per heavy atom. The van der Waals surface area contributed by atoms with E-state index in [-0.39, 0.29) is 12.1 Å². The summed E-state index contributed by atoms with van der Waals surface area (Å²) >= 11 is 0. The molecule has 3 rings (SSSR count). The Morgan fingerprint density at radius 1 is 1.28 bits per heavy atom. The van der Waals surface area contributed by atoms with E-state index in [2.05, 4.69) is 15.2 Å². The van der Waals surface area contributed by atoms with Crippen molar-refractivity contribution in [1.29, 1.82) is 0 Å². The number of pyridine rings is 1. The second-order valence-corrected chi connectivity index (χ2v) is 7.05. The maximum Gasteiger partial charge on any atom is 0.317 e. The number of carbonyl (C=O) groups excluding carboxylic acids is 1. The summed E-state index contributed by atoms with van der Waals surface area (Å²) in [6.45, 7) is 8.07. The van der Waals surface area contributed by atoms with Gasteiger partial charge < -0.3 is 19.9 Å². The topological polar surface area (TPSA) is 57.7 Å². The Hall–Kier alpha value is -1.66. The van der Waals surface area contributed by atoms with Crippen molar-refractivity contribution in [1.82, 2.24) is 20.1 Å². The van der Waals surface area contributed by atoms with E-state index in [1.165, 1.54) is 12.8 Å². The molecule has 25 heavy (non-hydrogen) atoms. The fourth-order valence-corrected chi connectivity index (χ4v) is 3.59. The summed E-state index contributed by atoms with van der Waals surface area (Å²) in [5.74, 6) is 0. The van der Waals surface area contributed by atoms with Crippen LogP contribution in [0.1, 0.15) is 30.7 Å². The molecule has 1 atom stereocenters. The molecule has 0 spiro atoms. The molecule has 0 saturated carbocycles. The first-order valence-electron chi connectivity index (χ1n) is 9.50. The van der Waals surface area contributed by atoms with Crippen molar-refractivity contribution >= 4 is 6.03 Å². The summed E-state index contributed by atoms with van der Waals surface area (Å²) < 4.78 is 5.96. The number of carbonyl (C=O) groups is 1. The molecule has 2 aliphatic heterocycles. The summed E-state index contributed by atoms with van der Waals surface area (Å²) in [4.78, 5) is 21.4. The third-order valence-electron chi connectivity index (χ3n) is 4.90. The summed E-state index contributed by atoms with van der Waals surface area (Å²) in [5, 5.41) is 3.04. The highest BCUT2D eigenvalue weighted by molar-refractivity contribution is 5.74. The molecule has 0 aromatic carbocycles. The summed E-state index contributed by atoms with van der Waals surface area (Å²) in [6, 6.07) is 6.02. The van der Waals surface area contributed by atoms with Gasteiger partial charge in [0, 0.05) is 50.6 Å². The van der Waals surface area contributed by atoms with Crippen LogP contribution in [0.3, 0.4) is 0 Å². The maximum absolute atomic E-state index is 12.5. The van der Waals surface area contributed by atoms with Gasteiger partial charge in [-0.05, 0) is 51.4 Å². The predicted octanol–water partition coefficient (Wildman–Crippen LogP) is 1.83. The second kappa shape index (κ2) is 9.15. The van der Waals surface area contributed by atoms with Gasteiger partial charge in [-0.25, -0.2) is 4.79 Å². The number of nitrogens with zero attached hydrogens (tertiary/aromatic N) is 3. The molecule has 1 unspecified atom stereocenters. The van der Waals surface area contributed by atoms with E-state index in [0.717, 1.165) is 57.0 Å². The summed E-state index contributed by atoms with van der Waals surface area (Å²) in [5.41, 5.74) is 2.03. The Bertz CT molecular complexity index is 560. The van der Waals surface area contributed by atoms with Crippen LogP contribution in [0, 0.1) is 6.92 Å². The van der Waals surface area contributed by atoms with Gasteiger partial charge in [-0.3, -0.25) is 4.98 Å². The number of aromatic nitrogens is 1. The van der Waals surface area contributed by atoms with E-state index in [1.807, 2.05) is 30.0 Å². The van der Waals surface area contributed by atoms with Gasteiger partial charge in [-0.1, -0.05) is 6.07 Å². The lowest BCUT2D eigenvalue weighted by Gasteiger charge is -2.27. The number of nitrogens with one attached hydrogen (secondary N) is 1. The minimum absolute atomic E-state index is 0.0181. The fraction of sp³-hybridized carbons (Fsp3) is 0.684. The number of urea groups is 1. The van der Waals surface area contributed by atoms with Gasteiger partial charge in [-0.15, -0.1) is 0 Å². The lowest BCUT2D eigenvalue weighted by Crippen LogP contribution is -2.46. The van der Waals surface area contributed by atoms with Crippen LogP contribution in [0.25, 0.3) is 0 Å². The van der Waals surface area contributed by atoms with Crippen LogP contribution in [-0.2, 0) is 11.2 Å². The molecule has 2 amide bonds. The number of rotatable bonds is 5. The van der Waals surface area contributed by atoms with Crippen molar-refractivity contribution in [3.8, 4) is 0 Å². The van der Waals surface area contributed by atoms with E-state index in [0.29, 0.717) is 13.1 Å². The molecular formula is C19H30N4O2. The zero-order valence-electron chi connectivity index (χ0n) is 15.2. The van der Waals surface area contributed by atoms with Crippen LogP contribution in [0.5, 0.6) is 0 Å². The first kappa shape index (κ1) is 18.1. The zero-order valence-corrected chi connectivity index (χ0v) is 15.2. The van der Waals surface area contributed by atoms with Crippen LogP contribution >= 0.6 is 0 Å². The summed E-state index contributed by atoms with van der Waals surface area (Å²) in [6.07, 6.45) is 4.36. The molecule has 138 valence electrons. The van der Waals surface area contributed by atoms with Gasteiger partial charge in [0.25, 0.3) is 0 Å². The van der Waals surface area contributed by atoms with Crippen LogP contribution in [0.15, 0.2) is 18.2 Å². The van der Waals surface area contributed by atoms with Crippen molar-refractivity contribution in [3.05, 3.63) is 29.6 Å². The molecular weight excluding hydrogens is 316 g/mol. The molecule has 0 aliphatic carbocycles. The minimum Gasteiger partial charge on any atom is -0.375 e. The standard InChI is InChI=1S/C19H30N4O2/c1-16-6-4-7-17(21-16)8-9-20-19(24)23-12-5-13-25-18(15-23)14-22-10-2-3-11-22/h4,6-7,18H,2-3,5,8-15H2,1H3,(H,20,24). The molecule has 6 nitrogen and oxygen atoms in total. The van der Waals surface area contributed by atoms with Gasteiger partial charge in [0.05, 0.1) is 6.10 Å². The van der Waals surface area contributed by atoms with Crippen LogP contribution in [0.2, 0.25) is 0 Å². The normalized spacial score (nSPS) is 22.0. The molecule has 0 bridgehead atoms. The van der Waals surface area contributed by atoms with Crippen molar-refractivity contribution in [3.63, 3.8) is 0 Å². The first-order valence-corrected chi connectivity index (χ1v) is 9.50. The van der Waals surface area contributed by atoms with E-state index in [9.17, 15) is 4.79 Å². The lowest BCUT2D eigenvalue weighted by molar-refractivity contribution is 0.0350. The number of hydrogen-bond acceptors (Lipinski definition) is 4. The van der Waals surface area contributed by atoms with Gasteiger partial charge in [0.15, 0.2) is 0 Å². The van der Waals surface area contributed by atoms with Crippen LogP contribution in [-0.4, -0.2) is 72.8 Å². The average Bonchev–Trinajstić information content (AvgIpc) is 2.99. The monoisotopic (exact) mass is 346 g/mol. The third-order valence-corrected chi connectivity index (χ3v) is 4.90. The van der Waals surface area contributed by atoms with Crippen molar-refractivity contribution in [2.45, 2.75) is 38.7 Å². The maximum atomic E-state index is 12.5. The number of likely N-dealkylation sites (tertiary alicyclic amines) is 1. The highest BCUT2D eigenvalue weighted by Crippen LogP contribution is 2.12. The van der Waals surface area contributed by atoms with Crippen molar-refractivity contribution in [2.24, 2.45) is 0 Å². The number of aryl methyl sites for hydroxylation is 1. The molecule has 2 saturated heterocycles. The SMILES string of the molecule is Cc1cccc(CCNC(=O)N2CCCOC(CN3CCCC3)C2)n1. The average molecular weight is 346 g/mol. The van der Waals surface area contributed by atoms with E-state index in [1.54, 1.807) is 0 Å². The Kier molecular flexibility index (Phi) is 6.64. The molecule has 1 aromatic rings. The van der Waals surface area contributed by atoms with Crippen molar-refractivity contribution in [2.75, 3.05) is 45.9 Å². The van der Waals surface area contributed by atoms with Gasteiger partial charge >= 0.3 is 6.03 Å². The molecule has 0 radical (unpaired) electrons. The van der Waals surface area contributed by atoms with Gasteiger partial charge in [-0.2, -0.15) is 0 Å². The highest BCUT2D eigenvalue weighted by Gasteiger charge is 2.25. The van der Waals surface area contributed by atoms with E-state index in [4.69, 9.17) is 4.74 Å². The van der Waals surface area contributed by atoms with Gasteiger partial charge in [0.2, 0.25) is 0 Å². The smallest absolute Gasteiger partial charge is 0.317 e. The first-order chi connectivity index (χ1) is 12.2. The molecule has 1 N–H and O–H groups in total. The highest BCUT2D eigenvalue weighted by atomic mass is 16.5. The molecule has 1 aromatic heterocycles. The number of hydrogen-bond donors (Lipinski definition) is 1.